The molecule has 0 radical (unpaired) electrons. The number of likely N-dealkylation sites (N-methyl/N-ethyl adjacent to an activating group) is 2. The first-order valence-corrected chi connectivity index (χ1v) is 16.9. The van der Waals surface area contributed by atoms with E-state index in [1.165, 1.54) is 28.2 Å². The van der Waals surface area contributed by atoms with Crippen LogP contribution in [0.3, 0.4) is 0 Å². The van der Waals surface area contributed by atoms with Crippen LogP contribution in [0, 0.1) is 0 Å². The fraction of sp³-hybridized carbons (Fsp3) is 0.457. The van der Waals surface area contributed by atoms with Crippen LogP contribution in [0.15, 0.2) is 53.9 Å². The second-order valence-electron chi connectivity index (χ2n) is 13.3. The first-order valence-electron chi connectivity index (χ1n) is 16.0. The van der Waals surface area contributed by atoms with Crippen LogP contribution < -0.4 is 15.4 Å². The minimum Gasteiger partial charge on any atom is -0.490 e. The van der Waals surface area contributed by atoms with Gasteiger partial charge in [0.2, 0.25) is 17.7 Å². The Morgan fingerprint density at radius 3 is 2.52 bits per heavy atom. The van der Waals surface area contributed by atoms with Crippen LogP contribution in [-0.4, -0.2) is 102 Å². The molecule has 2 aromatic carbocycles. The van der Waals surface area contributed by atoms with E-state index in [1.54, 1.807) is 44.2 Å². The summed E-state index contributed by atoms with van der Waals surface area (Å²) in [5.74, 6) is -1.10. The molecule has 5 amide bonds. The molecule has 13 heteroatoms. The number of carbonyl (C=O) groups excluding carboxylic acids is 5. The molecule has 3 heterocycles. The number of nitrogens with zero attached hydrogens (tertiary/aromatic N) is 3. The molecule has 2 N–H and O–H groups in total. The van der Waals surface area contributed by atoms with Crippen LogP contribution in [0.1, 0.15) is 55.3 Å². The number of ether oxygens (including phenoxy) is 2. The molecule has 0 spiro atoms. The van der Waals surface area contributed by atoms with E-state index in [4.69, 9.17) is 9.47 Å². The standard InChI is InChI=1S/C35H43N5O7S/c1-35(2,3)47-34(45)37-25-17-26-21-46-28-14-15-48-31(28)33(44)39(5)27(12-13-29(41)38(4)20-30(42)40(26)19-25)32(43)36-18-22-10-11-23-8-6-7-9-24(23)16-22/h6-11,14-16,25-27H,12-13,17-21H2,1-5H3,(H,36,43)(H,37,45)/t25-,26+,27+/m1/s1. The lowest BCUT2D eigenvalue weighted by Crippen LogP contribution is -2.48. The molecule has 1 fully saturated rings. The Bertz CT molecular complexity index is 1680. The van der Waals surface area contributed by atoms with Crippen molar-refractivity contribution in [3.63, 3.8) is 0 Å². The maximum absolute atomic E-state index is 13.8. The molecule has 0 unspecified atom stereocenters. The van der Waals surface area contributed by atoms with E-state index in [9.17, 15) is 24.0 Å². The minimum absolute atomic E-state index is 0.0545. The highest BCUT2D eigenvalue weighted by atomic mass is 32.1. The van der Waals surface area contributed by atoms with E-state index in [1.807, 2.05) is 42.5 Å². The maximum atomic E-state index is 13.8. The Hall–Kier alpha value is -4.65. The van der Waals surface area contributed by atoms with Crippen molar-refractivity contribution in [2.24, 2.45) is 0 Å². The van der Waals surface area contributed by atoms with Gasteiger partial charge in [0, 0.05) is 33.6 Å². The highest BCUT2D eigenvalue weighted by molar-refractivity contribution is 7.12. The van der Waals surface area contributed by atoms with E-state index in [0.29, 0.717) is 17.0 Å². The van der Waals surface area contributed by atoms with Crippen molar-refractivity contribution in [1.82, 2.24) is 25.3 Å². The average Bonchev–Trinajstić information content (AvgIpc) is 3.67. The van der Waals surface area contributed by atoms with Gasteiger partial charge in [-0.1, -0.05) is 36.4 Å². The van der Waals surface area contributed by atoms with Crippen LogP contribution in [0.5, 0.6) is 5.75 Å². The van der Waals surface area contributed by atoms with Crippen molar-refractivity contribution in [1.29, 1.82) is 0 Å². The van der Waals surface area contributed by atoms with Gasteiger partial charge >= 0.3 is 6.09 Å². The zero-order valence-corrected chi connectivity index (χ0v) is 28.8. The molecular weight excluding hydrogens is 634 g/mol. The van der Waals surface area contributed by atoms with Crippen LogP contribution in [0.2, 0.25) is 0 Å². The maximum Gasteiger partial charge on any atom is 0.407 e. The summed E-state index contributed by atoms with van der Waals surface area (Å²) in [6.45, 7) is 5.65. The average molecular weight is 678 g/mol. The van der Waals surface area contributed by atoms with E-state index >= 15 is 0 Å². The molecule has 5 rings (SSSR count). The first-order chi connectivity index (χ1) is 22.8. The Balaban J connectivity index is 1.33. The van der Waals surface area contributed by atoms with E-state index in [-0.39, 0.29) is 56.9 Å². The summed E-state index contributed by atoms with van der Waals surface area (Å²) in [7, 11) is 3.09. The fourth-order valence-electron chi connectivity index (χ4n) is 6.00. The van der Waals surface area contributed by atoms with Crippen molar-refractivity contribution >= 4 is 51.8 Å². The molecule has 0 saturated carbocycles. The molecule has 2 aliphatic rings. The third-order valence-corrected chi connectivity index (χ3v) is 9.39. The lowest BCUT2D eigenvalue weighted by Gasteiger charge is -2.28. The zero-order chi connectivity index (χ0) is 34.6. The Labute approximate surface area is 284 Å². The number of thiophene rings is 1. The van der Waals surface area contributed by atoms with Gasteiger partial charge in [-0.15, -0.1) is 11.3 Å². The van der Waals surface area contributed by atoms with E-state index in [0.717, 1.165) is 16.3 Å². The number of amides is 5. The van der Waals surface area contributed by atoms with Gasteiger partial charge in [-0.2, -0.15) is 0 Å². The number of carbonyl (C=O) groups is 5. The smallest absolute Gasteiger partial charge is 0.407 e. The van der Waals surface area contributed by atoms with Crippen molar-refractivity contribution in [2.75, 3.05) is 33.8 Å². The van der Waals surface area contributed by atoms with Crippen molar-refractivity contribution in [2.45, 2.75) is 70.3 Å². The Morgan fingerprint density at radius 2 is 1.77 bits per heavy atom. The van der Waals surface area contributed by atoms with Crippen LogP contribution in [0.25, 0.3) is 10.8 Å². The summed E-state index contributed by atoms with van der Waals surface area (Å²) in [5.41, 5.74) is 0.223. The second kappa shape index (κ2) is 14.6. The summed E-state index contributed by atoms with van der Waals surface area (Å²) in [5, 5.41) is 9.67. The minimum atomic E-state index is -0.950. The first kappa shape index (κ1) is 34.7. The Kier molecular flexibility index (Phi) is 10.6. The van der Waals surface area contributed by atoms with Gasteiger partial charge < -0.3 is 34.8 Å². The number of fused-ring (bicyclic) bond motifs is 3. The van der Waals surface area contributed by atoms with Crippen molar-refractivity contribution < 1.29 is 33.4 Å². The largest absolute Gasteiger partial charge is 0.490 e. The lowest BCUT2D eigenvalue weighted by molar-refractivity contribution is -0.140. The molecule has 3 atom stereocenters. The number of nitrogens with one attached hydrogen (secondary N) is 2. The molecule has 256 valence electrons. The number of hydrogen-bond donors (Lipinski definition) is 2. The van der Waals surface area contributed by atoms with Gasteiger partial charge in [0.25, 0.3) is 5.91 Å². The van der Waals surface area contributed by atoms with Crippen LogP contribution >= 0.6 is 11.3 Å². The van der Waals surface area contributed by atoms with Crippen molar-refractivity contribution in [3.8, 4) is 5.75 Å². The molecule has 3 aromatic rings. The normalized spacial score (nSPS) is 21.1. The van der Waals surface area contributed by atoms with Crippen LogP contribution in [-0.2, 0) is 25.7 Å². The highest BCUT2D eigenvalue weighted by Gasteiger charge is 2.39. The molecule has 1 saturated heterocycles. The lowest BCUT2D eigenvalue weighted by atomic mass is 10.1. The van der Waals surface area contributed by atoms with Gasteiger partial charge in [-0.3, -0.25) is 19.2 Å². The summed E-state index contributed by atoms with van der Waals surface area (Å²) >= 11 is 1.19. The SMILES string of the molecule is CN1CC(=O)N2C[C@H](NC(=O)OC(C)(C)C)C[C@H]2COc2ccsc2C(=O)N(C)[C@H](C(=O)NCc2ccc3ccccc3c2)CCC1=O. The molecular formula is C35H43N5O7S. The molecule has 1 aromatic heterocycles. The number of alkyl carbamates (subject to hydrolysis) is 1. The van der Waals surface area contributed by atoms with E-state index in [2.05, 4.69) is 10.6 Å². The number of rotatable bonds is 4. The molecule has 0 bridgehead atoms. The number of benzene rings is 2. The fourth-order valence-corrected chi connectivity index (χ4v) is 6.82. The van der Waals surface area contributed by atoms with Gasteiger partial charge in [0.05, 0.1) is 18.6 Å². The topological polar surface area (TPSA) is 138 Å². The number of hydrogen-bond acceptors (Lipinski definition) is 8. The summed E-state index contributed by atoms with van der Waals surface area (Å²) in [4.78, 5) is 71.4. The van der Waals surface area contributed by atoms with Gasteiger partial charge in [0.15, 0.2) is 0 Å². The summed E-state index contributed by atoms with van der Waals surface area (Å²) in [6.07, 6.45) is -0.190. The second-order valence-corrected chi connectivity index (χ2v) is 14.2. The molecule has 0 aliphatic carbocycles. The van der Waals surface area contributed by atoms with Gasteiger partial charge in [-0.25, -0.2) is 4.79 Å². The van der Waals surface area contributed by atoms with Crippen molar-refractivity contribution in [3.05, 3.63) is 64.4 Å². The van der Waals surface area contributed by atoms with Crippen LogP contribution in [0.4, 0.5) is 4.79 Å². The molecule has 12 nitrogen and oxygen atoms in total. The Morgan fingerprint density at radius 1 is 1.02 bits per heavy atom. The summed E-state index contributed by atoms with van der Waals surface area (Å²) in [6, 6.07) is 13.8. The quantitative estimate of drug-likeness (QED) is 0.429. The van der Waals surface area contributed by atoms with E-state index < -0.39 is 35.6 Å². The summed E-state index contributed by atoms with van der Waals surface area (Å²) < 4.78 is 11.5. The zero-order valence-electron chi connectivity index (χ0n) is 28.0. The highest BCUT2D eigenvalue weighted by Crippen LogP contribution is 2.29. The van der Waals surface area contributed by atoms with Gasteiger partial charge in [-0.05, 0) is 67.5 Å². The predicted molar refractivity (Wildman–Crippen MR) is 182 cm³/mol. The van der Waals surface area contributed by atoms with Gasteiger partial charge in [0.1, 0.15) is 28.9 Å². The molecule has 2 aliphatic heterocycles. The predicted octanol–water partition coefficient (Wildman–Crippen LogP) is 3.78. The third-order valence-electron chi connectivity index (χ3n) is 8.51. The third kappa shape index (κ3) is 8.43. The monoisotopic (exact) mass is 677 g/mol. The molecule has 48 heavy (non-hydrogen) atoms.